The van der Waals surface area contributed by atoms with Crippen molar-refractivity contribution in [3.05, 3.63) is 41.6 Å². The van der Waals surface area contributed by atoms with E-state index < -0.39 is 11.6 Å². The van der Waals surface area contributed by atoms with Gasteiger partial charge in [0.15, 0.2) is 11.6 Å². The Morgan fingerprint density at radius 3 is 2.80 bits per heavy atom. The summed E-state index contributed by atoms with van der Waals surface area (Å²) in [6.45, 7) is 4.51. The molecule has 0 bridgehead atoms. The first-order valence-electron chi connectivity index (χ1n) is 6.31. The van der Waals surface area contributed by atoms with Crippen molar-refractivity contribution < 1.29 is 13.5 Å². The lowest BCUT2D eigenvalue weighted by Gasteiger charge is -2.09. The van der Waals surface area contributed by atoms with Gasteiger partial charge in [-0.25, -0.2) is 9.37 Å². The normalized spacial score (nSPS) is 10.4. The molecule has 0 spiro atoms. The van der Waals surface area contributed by atoms with Crippen LogP contribution in [0.5, 0.6) is 11.6 Å². The number of hydrogen-bond acceptors (Lipinski definition) is 4. The molecule has 0 aliphatic rings. The topological polar surface area (TPSA) is 47.0 Å². The highest BCUT2D eigenvalue weighted by Crippen LogP contribution is 2.25. The molecule has 0 radical (unpaired) electrons. The Kier molecular flexibility index (Phi) is 4.45. The smallest absolute Gasteiger partial charge is 0.226 e. The zero-order chi connectivity index (χ0) is 14.5. The van der Waals surface area contributed by atoms with Gasteiger partial charge in [-0.3, -0.25) is 0 Å². The Bertz CT molecular complexity index is 605. The van der Waals surface area contributed by atoms with Gasteiger partial charge in [0.25, 0.3) is 0 Å². The van der Waals surface area contributed by atoms with Crippen LogP contribution in [-0.4, -0.2) is 16.5 Å². The number of ether oxygens (including phenoxy) is 1. The van der Waals surface area contributed by atoms with Gasteiger partial charge in [0, 0.05) is 18.3 Å². The second kappa shape index (κ2) is 6.27. The molecule has 1 aromatic carbocycles. The van der Waals surface area contributed by atoms with Crippen LogP contribution in [-0.2, 0) is 0 Å². The molecule has 0 unspecified atom stereocenters. The van der Waals surface area contributed by atoms with Gasteiger partial charge in [0.2, 0.25) is 17.6 Å². The molecule has 1 heterocycles. The molecule has 0 atom stereocenters. The number of nitrogens with one attached hydrogen (secondary N) is 1. The number of aromatic nitrogens is 2. The van der Waals surface area contributed by atoms with Crippen molar-refractivity contribution in [3.8, 4) is 11.6 Å². The van der Waals surface area contributed by atoms with Crippen LogP contribution in [0.4, 0.5) is 14.7 Å². The Morgan fingerprint density at radius 1 is 1.25 bits per heavy atom. The van der Waals surface area contributed by atoms with Crippen molar-refractivity contribution in [2.75, 3.05) is 11.9 Å². The average Bonchev–Trinajstić information content (AvgIpc) is 2.41. The minimum atomic E-state index is -1.04. The van der Waals surface area contributed by atoms with E-state index in [1.165, 1.54) is 12.1 Å². The molecule has 2 rings (SSSR count). The third-order valence-corrected chi connectivity index (χ3v) is 2.49. The van der Waals surface area contributed by atoms with Gasteiger partial charge in [0.05, 0.1) is 0 Å². The molecule has 0 aliphatic heterocycles. The maximum absolute atomic E-state index is 13.5. The molecule has 106 valence electrons. The summed E-state index contributed by atoms with van der Waals surface area (Å²) in [6.07, 6.45) is 0.923. The molecule has 0 saturated heterocycles. The largest absolute Gasteiger partial charge is 0.436 e. The highest BCUT2D eigenvalue weighted by atomic mass is 19.2. The molecule has 6 heteroatoms. The standard InChI is InChI=1S/C14H15F2N3O/c1-3-7-17-14-18-9(2)8-12(19-14)20-11-6-4-5-10(15)13(11)16/h4-6,8H,3,7H2,1-2H3,(H,17,18,19). The van der Waals surface area contributed by atoms with Gasteiger partial charge in [-0.1, -0.05) is 13.0 Å². The molecule has 0 aliphatic carbocycles. The molecule has 0 fully saturated rings. The van der Waals surface area contributed by atoms with Gasteiger partial charge in [-0.05, 0) is 25.5 Å². The predicted molar refractivity (Wildman–Crippen MR) is 72.0 cm³/mol. The first kappa shape index (κ1) is 14.2. The van der Waals surface area contributed by atoms with Gasteiger partial charge in [-0.2, -0.15) is 9.37 Å². The highest BCUT2D eigenvalue weighted by Gasteiger charge is 2.11. The van der Waals surface area contributed by atoms with Crippen LogP contribution in [0.15, 0.2) is 24.3 Å². The molecule has 1 aromatic heterocycles. The summed E-state index contributed by atoms with van der Waals surface area (Å²) in [4.78, 5) is 8.29. The van der Waals surface area contributed by atoms with Crippen molar-refractivity contribution in [2.24, 2.45) is 0 Å². The van der Waals surface area contributed by atoms with Crippen LogP contribution in [0.1, 0.15) is 19.0 Å². The molecule has 0 saturated carbocycles. The molecular formula is C14H15F2N3O. The van der Waals surface area contributed by atoms with Crippen molar-refractivity contribution in [2.45, 2.75) is 20.3 Å². The molecular weight excluding hydrogens is 264 g/mol. The SMILES string of the molecule is CCCNc1nc(C)cc(Oc2cccc(F)c2F)n1. The third kappa shape index (κ3) is 3.40. The Balaban J connectivity index is 2.24. The zero-order valence-corrected chi connectivity index (χ0v) is 11.3. The van der Waals surface area contributed by atoms with Crippen molar-refractivity contribution in [1.29, 1.82) is 0 Å². The van der Waals surface area contributed by atoms with E-state index in [1.54, 1.807) is 13.0 Å². The van der Waals surface area contributed by atoms with E-state index in [1.807, 2.05) is 6.92 Å². The summed E-state index contributed by atoms with van der Waals surface area (Å²) in [6, 6.07) is 5.30. The van der Waals surface area contributed by atoms with Crippen LogP contribution in [0.25, 0.3) is 0 Å². The Labute approximate surface area is 115 Å². The first-order valence-corrected chi connectivity index (χ1v) is 6.31. The fraction of sp³-hybridized carbons (Fsp3) is 0.286. The van der Waals surface area contributed by atoms with E-state index >= 15 is 0 Å². The Hall–Kier alpha value is -2.24. The monoisotopic (exact) mass is 279 g/mol. The van der Waals surface area contributed by atoms with Gasteiger partial charge < -0.3 is 10.1 Å². The summed E-state index contributed by atoms with van der Waals surface area (Å²) >= 11 is 0. The van der Waals surface area contributed by atoms with Crippen LogP contribution in [0, 0.1) is 18.6 Å². The highest BCUT2D eigenvalue weighted by molar-refractivity contribution is 5.34. The maximum Gasteiger partial charge on any atom is 0.226 e. The minimum Gasteiger partial charge on any atom is -0.436 e. The van der Waals surface area contributed by atoms with E-state index in [9.17, 15) is 8.78 Å². The lowest BCUT2D eigenvalue weighted by Crippen LogP contribution is -2.06. The Morgan fingerprint density at radius 2 is 2.05 bits per heavy atom. The van der Waals surface area contributed by atoms with E-state index in [2.05, 4.69) is 15.3 Å². The fourth-order valence-corrected chi connectivity index (χ4v) is 1.58. The summed E-state index contributed by atoms with van der Waals surface area (Å²) in [5.41, 5.74) is 0.672. The predicted octanol–water partition coefficient (Wildman–Crippen LogP) is 3.68. The average molecular weight is 279 g/mol. The van der Waals surface area contributed by atoms with Gasteiger partial charge >= 0.3 is 0 Å². The van der Waals surface area contributed by atoms with Crippen LogP contribution in [0.2, 0.25) is 0 Å². The minimum absolute atomic E-state index is 0.167. The third-order valence-electron chi connectivity index (χ3n) is 2.49. The van der Waals surface area contributed by atoms with Crippen LogP contribution < -0.4 is 10.1 Å². The summed E-state index contributed by atoms with van der Waals surface area (Å²) in [7, 11) is 0. The number of anilines is 1. The van der Waals surface area contributed by atoms with Gasteiger partial charge in [-0.15, -0.1) is 0 Å². The number of rotatable bonds is 5. The second-order valence-electron chi connectivity index (χ2n) is 4.25. The number of benzene rings is 1. The van der Waals surface area contributed by atoms with E-state index in [-0.39, 0.29) is 11.6 Å². The lowest BCUT2D eigenvalue weighted by atomic mass is 10.3. The molecule has 1 N–H and O–H groups in total. The van der Waals surface area contributed by atoms with Crippen LogP contribution >= 0.6 is 0 Å². The summed E-state index contributed by atoms with van der Waals surface area (Å²) in [5.74, 6) is -1.63. The maximum atomic E-state index is 13.5. The van der Waals surface area contributed by atoms with Crippen molar-refractivity contribution in [3.63, 3.8) is 0 Å². The van der Waals surface area contributed by atoms with Crippen LogP contribution in [0.3, 0.4) is 0 Å². The number of hydrogen-bond donors (Lipinski definition) is 1. The number of halogens is 2. The second-order valence-corrected chi connectivity index (χ2v) is 4.25. The fourth-order valence-electron chi connectivity index (χ4n) is 1.58. The molecule has 0 amide bonds. The lowest BCUT2D eigenvalue weighted by molar-refractivity contribution is 0.405. The van der Waals surface area contributed by atoms with Gasteiger partial charge in [0.1, 0.15) is 0 Å². The summed E-state index contributed by atoms with van der Waals surface area (Å²) < 4.78 is 31.9. The first-order chi connectivity index (χ1) is 9.60. The zero-order valence-electron chi connectivity index (χ0n) is 11.3. The summed E-state index contributed by atoms with van der Waals surface area (Å²) in [5, 5.41) is 3.02. The quantitative estimate of drug-likeness (QED) is 0.907. The van der Waals surface area contributed by atoms with E-state index in [0.29, 0.717) is 11.6 Å². The molecule has 20 heavy (non-hydrogen) atoms. The molecule has 2 aromatic rings. The van der Waals surface area contributed by atoms with E-state index in [4.69, 9.17) is 4.74 Å². The molecule has 4 nitrogen and oxygen atoms in total. The van der Waals surface area contributed by atoms with E-state index in [0.717, 1.165) is 19.0 Å². The van der Waals surface area contributed by atoms with Crippen molar-refractivity contribution in [1.82, 2.24) is 9.97 Å². The number of aryl methyl sites for hydroxylation is 1. The van der Waals surface area contributed by atoms with Crippen molar-refractivity contribution >= 4 is 5.95 Å². The number of nitrogens with zero attached hydrogens (tertiary/aromatic N) is 2.